The van der Waals surface area contributed by atoms with Gasteiger partial charge in [0.15, 0.2) is 0 Å². The minimum Gasteiger partial charge on any atom is -0.379 e. The van der Waals surface area contributed by atoms with Crippen molar-refractivity contribution >= 4 is 12.6 Å². The molecule has 78 valence electrons. The van der Waals surface area contributed by atoms with Gasteiger partial charge in [-0.2, -0.15) is 12.6 Å². The van der Waals surface area contributed by atoms with E-state index >= 15 is 0 Å². The number of thiol groups is 1. The van der Waals surface area contributed by atoms with Crippen LogP contribution in [0.2, 0.25) is 0 Å². The first-order valence-electron chi connectivity index (χ1n) is 4.83. The fraction of sp³-hybridized carbons (Fsp3) is 0.800. The summed E-state index contributed by atoms with van der Waals surface area (Å²) in [5.41, 5.74) is 0. The number of hydrogen-bond donors (Lipinski definition) is 1. The van der Waals surface area contributed by atoms with Gasteiger partial charge in [0.1, 0.15) is 0 Å². The first-order chi connectivity index (χ1) is 6.41. The molecule has 0 atom stereocenters. The molecule has 0 aromatic heterocycles. The Bertz CT molecular complexity index is 115. The fourth-order valence-corrected chi connectivity index (χ4v) is 0.909. The molecule has 0 amide bonds. The Morgan fingerprint density at radius 3 is 2.54 bits per heavy atom. The summed E-state index contributed by atoms with van der Waals surface area (Å²) in [6.45, 7) is 5.06. The molecule has 0 N–H and O–H groups in total. The molecule has 0 heterocycles. The number of ether oxygens (including phenoxy) is 2. The lowest BCUT2D eigenvalue weighted by atomic mass is 10.4. The monoisotopic (exact) mass is 204 g/mol. The third kappa shape index (κ3) is 12.0. The molecular formula is C10H20O2S. The standard InChI is InChI=1S/C10H20O2S/c1-2-3-6-11-8-9-12-7-4-5-10-13/h4-5,13H,2-3,6-10H2,1H3. The van der Waals surface area contributed by atoms with Gasteiger partial charge in [0.25, 0.3) is 0 Å². The Labute approximate surface area is 86.7 Å². The van der Waals surface area contributed by atoms with Crippen molar-refractivity contribution in [2.24, 2.45) is 0 Å². The van der Waals surface area contributed by atoms with Crippen LogP contribution in [0.4, 0.5) is 0 Å². The summed E-state index contributed by atoms with van der Waals surface area (Å²) in [6.07, 6.45) is 6.27. The van der Waals surface area contributed by atoms with Crippen LogP contribution in [-0.4, -0.2) is 32.2 Å². The van der Waals surface area contributed by atoms with Gasteiger partial charge < -0.3 is 9.47 Å². The first kappa shape index (κ1) is 13.0. The minimum absolute atomic E-state index is 0.664. The van der Waals surface area contributed by atoms with E-state index in [1.807, 2.05) is 12.2 Å². The summed E-state index contributed by atoms with van der Waals surface area (Å²) in [5.74, 6) is 0.774. The second kappa shape index (κ2) is 12.0. The Kier molecular flexibility index (Phi) is 12.0. The lowest BCUT2D eigenvalue weighted by Crippen LogP contribution is -2.05. The van der Waals surface area contributed by atoms with Crippen LogP contribution in [0.3, 0.4) is 0 Å². The van der Waals surface area contributed by atoms with Crippen LogP contribution < -0.4 is 0 Å². The molecule has 0 aliphatic carbocycles. The topological polar surface area (TPSA) is 18.5 Å². The summed E-state index contributed by atoms with van der Waals surface area (Å²) in [7, 11) is 0. The molecule has 0 aliphatic heterocycles. The van der Waals surface area contributed by atoms with E-state index < -0.39 is 0 Å². The highest BCUT2D eigenvalue weighted by Crippen LogP contribution is 1.88. The molecule has 0 bridgehead atoms. The minimum atomic E-state index is 0.664. The van der Waals surface area contributed by atoms with E-state index in [2.05, 4.69) is 19.6 Å². The van der Waals surface area contributed by atoms with E-state index in [0.717, 1.165) is 18.8 Å². The van der Waals surface area contributed by atoms with Gasteiger partial charge >= 0.3 is 0 Å². The van der Waals surface area contributed by atoms with Gasteiger partial charge in [-0.15, -0.1) is 0 Å². The van der Waals surface area contributed by atoms with Gasteiger partial charge in [-0.1, -0.05) is 25.5 Å². The summed E-state index contributed by atoms with van der Waals surface area (Å²) in [4.78, 5) is 0. The smallest absolute Gasteiger partial charge is 0.0704 e. The van der Waals surface area contributed by atoms with E-state index in [9.17, 15) is 0 Å². The van der Waals surface area contributed by atoms with E-state index in [1.54, 1.807) is 0 Å². The third-order valence-electron chi connectivity index (χ3n) is 1.50. The fourth-order valence-electron chi connectivity index (χ4n) is 0.760. The summed E-state index contributed by atoms with van der Waals surface area (Å²) >= 11 is 4.04. The molecule has 0 saturated carbocycles. The van der Waals surface area contributed by atoms with Crippen molar-refractivity contribution in [2.45, 2.75) is 19.8 Å². The zero-order valence-corrected chi connectivity index (χ0v) is 9.26. The largest absolute Gasteiger partial charge is 0.379 e. The van der Waals surface area contributed by atoms with Crippen molar-refractivity contribution in [3.05, 3.63) is 12.2 Å². The van der Waals surface area contributed by atoms with Crippen molar-refractivity contribution in [2.75, 3.05) is 32.2 Å². The molecule has 0 unspecified atom stereocenters. The van der Waals surface area contributed by atoms with Crippen molar-refractivity contribution in [3.8, 4) is 0 Å². The molecule has 0 aromatic rings. The summed E-state index contributed by atoms with van der Waals surface area (Å²) < 4.78 is 10.6. The maximum absolute atomic E-state index is 5.32. The Morgan fingerprint density at radius 2 is 1.85 bits per heavy atom. The molecular weight excluding hydrogens is 184 g/mol. The second-order valence-electron chi connectivity index (χ2n) is 2.69. The van der Waals surface area contributed by atoms with Crippen molar-refractivity contribution in [1.82, 2.24) is 0 Å². The Hall–Kier alpha value is 0.01000. The highest BCUT2D eigenvalue weighted by molar-refractivity contribution is 7.80. The molecule has 0 rings (SSSR count). The van der Waals surface area contributed by atoms with E-state index in [0.29, 0.717) is 19.8 Å². The zero-order valence-electron chi connectivity index (χ0n) is 8.37. The van der Waals surface area contributed by atoms with Crippen LogP contribution in [0.1, 0.15) is 19.8 Å². The van der Waals surface area contributed by atoms with Gasteiger partial charge in [0.05, 0.1) is 19.8 Å². The van der Waals surface area contributed by atoms with Crippen molar-refractivity contribution in [1.29, 1.82) is 0 Å². The van der Waals surface area contributed by atoms with Crippen LogP contribution in [0.5, 0.6) is 0 Å². The SMILES string of the molecule is CCCCOCCOCC=CCS. The first-order valence-corrected chi connectivity index (χ1v) is 5.46. The number of rotatable bonds is 9. The second-order valence-corrected chi connectivity index (χ2v) is 3.06. The Balaban J connectivity index is 2.87. The molecule has 0 saturated heterocycles. The normalized spacial score (nSPS) is 11.2. The zero-order chi connectivity index (χ0) is 9.78. The molecule has 0 radical (unpaired) electrons. The van der Waals surface area contributed by atoms with Crippen LogP contribution >= 0.6 is 12.6 Å². The van der Waals surface area contributed by atoms with Crippen molar-refractivity contribution in [3.63, 3.8) is 0 Å². The van der Waals surface area contributed by atoms with Crippen molar-refractivity contribution < 1.29 is 9.47 Å². The van der Waals surface area contributed by atoms with E-state index in [1.165, 1.54) is 6.42 Å². The predicted molar refractivity (Wildman–Crippen MR) is 59.5 cm³/mol. The van der Waals surface area contributed by atoms with Crippen LogP contribution in [0.15, 0.2) is 12.2 Å². The van der Waals surface area contributed by atoms with Gasteiger partial charge in [-0.3, -0.25) is 0 Å². The molecule has 3 heteroatoms. The van der Waals surface area contributed by atoms with Crippen LogP contribution in [-0.2, 0) is 9.47 Å². The molecule has 0 fully saturated rings. The van der Waals surface area contributed by atoms with Crippen LogP contribution in [0, 0.1) is 0 Å². The molecule has 0 spiro atoms. The number of hydrogen-bond acceptors (Lipinski definition) is 3. The highest BCUT2D eigenvalue weighted by Gasteiger charge is 1.87. The maximum atomic E-state index is 5.32. The molecule has 13 heavy (non-hydrogen) atoms. The molecule has 0 aromatic carbocycles. The van der Waals surface area contributed by atoms with E-state index in [4.69, 9.17) is 9.47 Å². The van der Waals surface area contributed by atoms with E-state index in [-0.39, 0.29) is 0 Å². The molecule has 2 nitrogen and oxygen atoms in total. The van der Waals surface area contributed by atoms with Gasteiger partial charge in [-0.05, 0) is 6.42 Å². The highest BCUT2D eigenvalue weighted by atomic mass is 32.1. The van der Waals surface area contributed by atoms with Gasteiger partial charge in [0.2, 0.25) is 0 Å². The quantitative estimate of drug-likeness (QED) is 0.353. The van der Waals surface area contributed by atoms with Gasteiger partial charge in [-0.25, -0.2) is 0 Å². The average Bonchev–Trinajstić information content (AvgIpc) is 2.16. The lowest BCUT2D eigenvalue weighted by Gasteiger charge is -2.02. The predicted octanol–water partition coefficient (Wildman–Crippen LogP) is 2.31. The molecule has 0 aliphatic rings. The van der Waals surface area contributed by atoms with Gasteiger partial charge in [0, 0.05) is 12.4 Å². The average molecular weight is 204 g/mol. The Morgan fingerprint density at radius 1 is 1.08 bits per heavy atom. The van der Waals surface area contributed by atoms with Crippen LogP contribution in [0.25, 0.3) is 0 Å². The summed E-state index contributed by atoms with van der Waals surface area (Å²) in [6, 6.07) is 0. The third-order valence-corrected chi connectivity index (χ3v) is 1.71. The lowest BCUT2D eigenvalue weighted by molar-refractivity contribution is 0.0572. The maximum Gasteiger partial charge on any atom is 0.0704 e. The number of unbranched alkanes of at least 4 members (excludes halogenated alkanes) is 1. The summed E-state index contributed by atoms with van der Waals surface area (Å²) in [5, 5.41) is 0.